The van der Waals surface area contributed by atoms with Crippen LogP contribution in [-0.4, -0.2) is 25.0 Å². The van der Waals surface area contributed by atoms with Gasteiger partial charge in [-0.05, 0) is 36.5 Å². The normalized spacial score (nSPS) is 20.8. The highest BCUT2D eigenvalue weighted by Crippen LogP contribution is 2.26. The number of hydrogen-bond donors (Lipinski definition) is 2. The maximum absolute atomic E-state index is 12.1. The van der Waals surface area contributed by atoms with Crippen molar-refractivity contribution in [2.24, 2.45) is 5.92 Å². The summed E-state index contributed by atoms with van der Waals surface area (Å²) in [7, 11) is 1.62. The van der Waals surface area contributed by atoms with Crippen LogP contribution in [0.3, 0.4) is 0 Å². The van der Waals surface area contributed by atoms with Gasteiger partial charge in [-0.25, -0.2) is 0 Å². The number of anilines is 1. The molecule has 0 heterocycles. The molecule has 1 aromatic carbocycles. The van der Waals surface area contributed by atoms with E-state index in [9.17, 15) is 9.59 Å². The summed E-state index contributed by atoms with van der Waals surface area (Å²) in [5.74, 6) is -0.509. The average Bonchev–Trinajstić information content (AvgIpc) is 2.55. The van der Waals surface area contributed by atoms with E-state index in [1.165, 1.54) is 6.42 Å². The van der Waals surface area contributed by atoms with Gasteiger partial charge in [0.1, 0.15) is 0 Å². The fourth-order valence-electron chi connectivity index (χ4n) is 3.14. The van der Waals surface area contributed by atoms with Gasteiger partial charge < -0.3 is 15.4 Å². The second-order valence-corrected chi connectivity index (χ2v) is 6.20. The molecule has 1 saturated carbocycles. The minimum absolute atomic E-state index is 0.117. The van der Waals surface area contributed by atoms with Crippen LogP contribution in [0.15, 0.2) is 24.3 Å². The quantitative estimate of drug-likeness (QED) is 0.820. The number of nitrogens with one attached hydrogen (secondary N) is 2. The Bertz CT molecular complexity index is 545. The van der Waals surface area contributed by atoms with Crippen molar-refractivity contribution in [1.29, 1.82) is 0 Å². The zero-order chi connectivity index (χ0) is 16.7. The van der Waals surface area contributed by atoms with E-state index in [1.807, 2.05) is 18.2 Å². The fourth-order valence-corrected chi connectivity index (χ4v) is 3.14. The second kappa shape index (κ2) is 8.67. The Morgan fingerprint density at radius 1 is 1.26 bits per heavy atom. The van der Waals surface area contributed by atoms with E-state index < -0.39 is 11.8 Å². The minimum Gasteiger partial charge on any atom is -0.380 e. The summed E-state index contributed by atoms with van der Waals surface area (Å²) in [6.45, 7) is 2.64. The van der Waals surface area contributed by atoms with Crippen LogP contribution in [-0.2, 0) is 20.9 Å². The molecule has 2 rings (SSSR count). The van der Waals surface area contributed by atoms with E-state index in [-0.39, 0.29) is 6.04 Å². The lowest BCUT2D eigenvalue weighted by molar-refractivity contribution is -0.136. The molecule has 5 nitrogen and oxygen atoms in total. The van der Waals surface area contributed by atoms with Crippen LogP contribution < -0.4 is 10.6 Å². The number of ether oxygens (including phenoxy) is 1. The molecule has 0 saturated heterocycles. The molecule has 2 amide bonds. The van der Waals surface area contributed by atoms with E-state index in [0.29, 0.717) is 18.2 Å². The molecule has 0 spiro atoms. The van der Waals surface area contributed by atoms with Crippen molar-refractivity contribution in [1.82, 2.24) is 5.32 Å². The van der Waals surface area contributed by atoms with E-state index in [2.05, 4.69) is 17.6 Å². The summed E-state index contributed by atoms with van der Waals surface area (Å²) >= 11 is 0. The predicted octanol–water partition coefficient (Wildman–Crippen LogP) is 2.86. The van der Waals surface area contributed by atoms with Crippen LogP contribution in [0.4, 0.5) is 5.69 Å². The van der Waals surface area contributed by atoms with Gasteiger partial charge >= 0.3 is 11.8 Å². The van der Waals surface area contributed by atoms with Crippen LogP contribution in [0.5, 0.6) is 0 Å². The number of amides is 2. The fraction of sp³-hybridized carbons (Fsp3) is 0.556. The van der Waals surface area contributed by atoms with E-state index >= 15 is 0 Å². The summed E-state index contributed by atoms with van der Waals surface area (Å²) in [5.41, 5.74) is 1.55. The maximum atomic E-state index is 12.1. The largest absolute Gasteiger partial charge is 0.380 e. The van der Waals surface area contributed by atoms with Crippen LogP contribution >= 0.6 is 0 Å². The van der Waals surface area contributed by atoms with Crippen LogP contribution in [0.2, 0.25) is 0 Å². The number of methoxy groups -OCH3 is 1. The first kappa shape index (κ1) is 17.5. The van der Waals surface area contributed by atoms with Gasteiger partial charge in [0.15, 0.2) is 0 Å². The third kappa shape index (κ3) is 5.36. The average molecular weight is 318 g/mol. The summed E-state index contributed by atoms with van der Waals surface area (Å²) in [6.07, 6.45) is 5.40. The van der Waals surface area contributed by atoms with Crippen LogP contribution in [0, 0.1) is 5.92 Å². The first-order valence-corrected chi connectivity index (χ1v) is 8.32. The van der Waals surface area contributed by atoms with E-state index in [4.69, 9.17) is 4.74 Å². The summed E-state index contributed by atoms with van der Waals surface area (Å²) < 4.78 is 5.06. The summed E-state index contributed by atoms with van der Waals surface area (Å²) in [4.78, 5) is 24.1. The topological polar surface area (TPSA) is 67.4 Å². The summed E-state index contributed by atoms with van der Waals surface area (Å²) in [6, 6.07) is 7.42. The van der Waals surface area contributed by atoms with Gasteiger partial charge in [-0.1, -0.05) is 38.3 Å². The predicted molar refractivity (Wildman–Crippen MR) is 90.0 cm³/mol. The maximum Gasteiger partial charge on any atom is 0.313 e. The van der Waals surface area contributed by atoms with Gasteiger partial charge in [-0.2, -0.15) is 0 Å². The molecule has 23 heavy (non-hydrogen) atoms. The van der Waals surface area contributed by atoms with Crippen molar-refractivity contribution in [3.05, 3.63) is 29.8 Å². The zero-order valence-electron chi connectivity index (χ0n) is 13.9. The molecule has 0 aromatic heterocycles. The van der Waals surface area contributed by atoms with Gasteiger partial charge in [0, 0.05) is 18.8 Å². The molecular weight excluding hydrogens is 292 g/mol. The molecule has 1 aliphatic rings. The Balaban J connectivity index is 1.87. The molecule has 0 radical (unpaired) electrons. The second-order valence-electron chi connectivity index (χ2n) is 6.20. The van der Waals surface area contributed by atoms with Crippen molar-refractivity contribution in [2.45, 2.75) is 51.7 Å². The molecule has 1 aliphatic carbocycles. The number of rotatable bonds is 5. The molecule has 0 aliphatic heterocycles. The molecule has 0 unspecified atom stereocenters. The first-order chi connectivity index (χ1) is 11.1. The van der Waals surface area contributed by atoms with Crippen molar-refractivity contribution >= 4 is 17.5 Å². The van der Waals surface area contributed by atoms with E-state index in [0.717, 1.165) is 31.2 Å². The highest BCUT2D eigenvalue weighted by atomic mass is 16.5. The van der Waals surface area contributed by atoms with Crippen LogP contribution in [0.25, 0.3) is 0 Å². The van der Waals surface area contributed by atoms with Crippen molar-refractivity contribution in [2.75, 3.05) is 12.4 Å². The molecule has 5 heteroatoms. The molecule has 2 N–H and O–H groups in total. The molecule has 0 bridgehead atoms. The summed E-state index contributed by atoms with van der Waals surface area (Å²) in [5, 5.41) is 5.52. The lowest BCUT2D eigenvalue weighted by Gasteiger charge is -2.28. The zero-order valence-corrected chi connectivity index (χ0v) is 13.9. The Hall–Kier alpha value is -1.88. The Kier molecular flexibility index (Phi) is 6.59. The van der Waals surface area contributed by atoms with E-state index in [1.54, 1.807) is 13.2 Å². The first-order valence-electron chi connectivity index (χ1n) is 8.32. The highest BCUT2D eigenvalue weighted by molar-refractivity contribution is 6.39. The SMILES string of the molecule is CC[C@@H]1CCC[C@H](NC(=O)C(=O)Nc2cccc(COC)c2)C1. The molecular formula is C18H26N2O3. The smallest absolute Gasteiger partial charge is 0.313 e. The lowest BCUT2D eigenvalue weighted by Crippen LogP contribution is -2.43. The molecule has 1 fully saturated rings. The standard InChI is InChI=1S/C18H26N2O3/c1-3-13-6-4-8-15(10-13)19-17(21)18(22)20-16-9-5-7-14(11-16)12-23-2/h5,7,9,11,13,15H,3-4,6,8,10,12H2,1-2H3,(H,19,21)(H,20,22)/t13-,15+/m1/s1. The molecule has 1 aromatic rings. The number of carbonyl (C=O) groups excluding carboxylic acids is 2. The molecule has 126 valence electrons. The Labute approximate surface area is 137 Å². The lowest BCUT2D eigenvalue weighted by atomic mass is 9.84. The van der Waals surface area contributed by atoms with Crippen LogP contribution in [0.1, 0.15) is 44.6 Å². The van der Waals surface area contributed by atoms with Gasteiger partial charge in [0.05, 0.1) is 6.61 Å². The van der Waals surface area contributed by atoms with Gasteiger partial charge in [0.2, 0.25) is 0 Å². The number of benzene rings is 1. The van der Waals surface area contributed by atoms with Crippen molar-refractivity contribution in [3.8, 4) is 0 Å². The van der Waals surface area contributed by atoms with Gasteiger partial charge in [-0.15, -0.1) is 0 Å². The van der Waals surface area contributed by atoms with Gasteiger partial charge in [-0.3, -0.25) is 9.59 Å². The highest BCUT2D eigenvalue weighted by Gasteiger charge is 2.24. The Morgan fingerprint density at radius 3 is 2.83 bits per heavy atom. The molecule has 2 atom stereocenters. The monoisotopic (exact) mass is 318 g/mol. The number of carbonyl (C=O) groups is 2. The van der Waals surface area contributed by atoms with Crippen molar-refractivity contribution < 1.29 is 14.3 Å². The van der Waals surface area contributed by atoms with Crippen molar-refractivity contribution in [3.63, 3.8) is 0 Å². The minimum atomic E-state index is -0.613. The Morgan fingerprint density at radius 2 is 2.09 bits per heavy atom. The van der Waals surface area contributed by atoms with Gasteiger partial charge in [0.25, 0.3) is 0 Å². The number of hydrogen-bond acceptors (Lipinski definition) is 3. The third-order valence-electron chi connectivity index (χ3n) is 4.40. The third-order valence-corrected chi connectivity index (χ3v) is 4.40.